The Morgan fingerprint density at radius 3 is 2.36 bits per heavy atom. The van der Waals surface area contributed by atoms with E-state index in [1.165, 1.54) is 32.1 Å². The molecular weight excluding hydrogens is 306 g/mol. The van der Waals surface area contributed by atoms with Crippen molar-refractivity contribution in [2.75, 3.05) is 0 Å². The first-order valence-electron chi connectivity index (χ1n) is 10.9. The molecule has 2 heteroatoms. The number of nitriles is 1. The van der Waals surface area contributed by atoms with E-state index in [1.807, 2.05) is 0 Å². The van der Waals surface area contributed by atoms with Gasteiger partial charge in [0, 0.05) is 16.7 Å². The highest BCUT2D eigenvalue weighted by atomic mass is 16.1. The van der Waals surface area contributed by atoms with E-state index in [0.29, 0.717) is 23.5 Å². The van der Waals surface area contributed by atoms with Gasteiger partial charge in [0.25, 0.3) is 0 Å². The molecular formula is C23H35NO. The topological polar surface area (TPSA) is 40.9 Å². The monoisotopic (exact) mass is 341 g/mol. The molecule has 0 radical (unpaired) electrons. The average Bonchev–Trinajstić information content (AvgIpc) is 2.89. The molecule has 2 nitrogen and oxygen atoms in total. The summed E-state index contributed by atoms with van der Waals surface area (Å²) in [6, 6.07) is 2.64. The fourth-order valence-electron chi connectivity index (χ4n) is 8.01. The summed E-state index contributed by atoms with van der Waals surface area (Å²) in [5.41, 5.74) is -0.0871. The van der Waals surface area contributed by atoms with E-state index >= 15 is 0 Å². The summed E-state index contributed by atoms with van der Waals surface area (Å²) in [5, 5.41) is 9.59. The van der Waals surface area contributed by atoms with Gasteiger partial charge in [0.2, 0.25) is 0 Å². The van der Waals surface area contributed by atoms with Gasteiger partial charge in [0.15, 0.2) is 0 Å². The van der Waals surface area contributed by atoms with Crippen molar-refractivity contribution in [1.82, 2.24) is 0 Å². The normalized spacial score (nSPS) is 48.2. The third kappa shape index (κ3) is 2.30. The smallest absolute Gasteiger partial charge is 0.145 e. The Kier molecular flexibility index (Phi) is 4.29. The Morgan fingerprint density at radius 1 is 1.00 bits per heavy atom. The van der Waals surface area contributed by atoms with E-state index in [-0.39, 0.29) is 10.8 Å². The molecule has 0 saturated heterocycles. The van der Waals surface area contributed by atoms with Gasteiger partial charge in [-0.25, -0.2) is 0 Å². The van der Waals surface area contributed by atoms with Crippen LogP contribution in [0.3, 0.4) is 0 Å². The zero-order valence-corrected chi connectivity index (χ0v) is 16.4. The lowest BCUT2D eigenvalue weighted by Crippen LogP contribution is -2.49. The first kappa shape index (κ1) is 17.6. The van der Waals surface area contributed by atoms with Crippen LogP contribution in [0.25, 0.3) is 0 Å². The zero-order valence-electron chi connectivity index (χ0n) is 16.4. The number of rotatable bonds is 2. The van der Waals surface area contributed by atoms with Crippen molar-refractivity contribution in [1.29, 1.82) is 5.26 Å². The van der Waals surface area contributed by atoms with Crippen molar-refractivity contribution in [2.45, 2.75) is 85.0 Å². The standard InChI is InChI=1S/C23H35NO/c1-4-23(5-2)13-20-19-10-9-16-15(14-24)7-6-8-17(16)18(19)11-12-22(20,3)21(23)25/h15-20H,4-13H2,1-3H3/t15?,16?,17?,18?,19?,20?,22-/m0/s1. The molecule has 0 aromatic heterocycles. The molecule has 7 atom stereocenters. The lowest BCUT2D eigenvalue weighted by atomic mass is 9.49. The number of ketones is 1. The van der Waals surface area contributed by atoms with Gasteiger partial charge in [-0.15, -0.1) is 0 Å². The van der Waals surface area contributed by atoms with Crippen LogP contribution in [0.5, 0.6) is 0 Å². The summed E-state index contributed by atoms with van der Waals surface area (Å²) < 4.78 is 0. The number of hydrogen-bond acceptors (Lipinski definition) is 2. The molecule has 138 valence electrons. The van der Waals surface area contributed by atoms with Gasteiger partial charge < -0.3 is 0 Å². The number of hydrogen-bond donors (Lipinski definition) is 0. The van der Waals surface area contributed by atoms with Crippen LogP contribution < -0.4 is 0 Å². The van der Waals surface area contributed by atoms with Gasteiger partial charge in [0.1, 0.15) is 5.78 Å². The average molecular weight is 342 g/mol. The molecule has 6 unspecified atom stereocenters. The van der Waals surface area contributed by atoms with Crippen LogP contribution in [0.4, 0.5) is 0 Å². The Bertz CT molecular complexity index is 585. The van der Waals surface area contributed by atoms with Crippen LogP contribution in [0, 0.1) is 57.7 Å². The van der Waals surface area contributed by atoms with Crippen molar-refractivity contribution in [3.8, 4) is 6.07 Å². The number of Topliss-reactive ketones (excluding diaryl/α,β-unsaturated/α-hetero) is 1. The molecule has 0 spiro atoms. The lowest BCUT2D eigenvalue weighted by Gasteiger charge is -2.54. The van der Waals surface area contributed by atoms with Gasteiger partial charge in [-0.2, -0.15) is 5.26 Å². The number of carbonyl (C=O) groups excluding carboxylic acids is 1. The SMILES string of the molecule is CCC1(CC)CC2C3CCC4C(C#N)CCCC4C3CC[C@]2(C)C1=O. The van der Waals surface area contributed by atoms with Gasteiger partial charge in [-0.1, -0.05) is 27.2 Å². The minimum absolute atomic E-state index is 0.0348. The fraction of sp³-hybridized carbons (Fsp3) is 0.913. The van der Waals surface area contributed by atoms with Gasteiger partial charge in [-0.3, -0.25) is 4.79 Å². The molecule has 0 N–H and O–H groups in total. The fourth-order valence-corrected chi connectivity index (χ4v) is 8.01. The number of fused-ring (bicyclic) bond motifs is 5. The third-order valence-corrected chi connectivity index (χ3v) is 9.52. The molecule has 4 aliphatic rings. The Balaban J connectivity index is 1.63. The van der Waals surface area contributed by atoms with E-state index in [4.69, 9.17) is 0 Å². The molecule has 4 fully saturated rings. The molecule has 25 heavy (non-hydrogen) atoms. The first-order chi connectivity index (χ1) is 12.0. The number of carbonyl (C=O) groups is 1. The second kappa shape index (κ2) is 6.11. The second-order valence-electron chi connectivity index (χ2n) is 9.98. The van der Waals surface area contributed by atoms with Crippen molar-refractivity contribution < 1.29 is 4.79 Å². The van der Waals surface area contributed by atoms with E-state index in [2.05, 4.69) is 26.8 Å². The molecule has 4 saturated carbocycles. The maximum Gasteiger partial charge on any atom is 0.145 e. The first-order valence-corrected chi connectivity index (χ1v) is 10.9. The quantitative estimate of drug-likeness (QED) is 0.640. The summed E-state index contributed by atoms with van der Waals surface area (Å²) in [5.74, 6) is 4.50. The van der Waals surface area contributed by atoms with Gasteiger partial charge in [-0.05, 0) is 87.4 Å². The van der Waals surface area contributed by atoms with Crippen LogP contribution in [-0.2, 0) is 4.79 Å². The van der Waals surface area contributed by atoms with E-state index in [0.717, 1.165) is 49.9 Å². The van der Waals surface area contributed by atoms with Crippen molar-refractivity contribution in [3.63, 3.8) is 0 Å². The second-order valence-corrected chi connectivity index (χ2v) is 9.98. The Morgan fingerprint density at radius 2 is 1.68 bits per heavy atom. The summed E-state index contributed by atoms with van der Waals surface area (Å²) >= 11 is 0. The van der Waals surface area contributed by atoms with Gasteiger partial charge in [0.05, 0.1) is 6.07 Å². The predicted molar refractivity (Wildman–Crippen MR) is 99.6 cm³/mol. The summed E-state index contributed by atoms with van der Waals surface area (Å²) in [6.07, 6.45) is 11.8. The lowest BCUT2D eigenvalue weighted by molar-refractivity contribution is -0.139. The molecule has 0 aliphatic heterocycles. The minimum atomic E-state index is -0.0523. The largest absolute Gasteiger partial charge is 0.298 e. The maximum atomic E-state index is 13.5. The highest BCUT2D eigenvalue weighted by Gasteiger charge is 2.63. The summed E-state index contributed by atoms with van der Waals surface area (Å²) in [6.45, 7) is 6.78. The van der Waals surface area contributed by atoms with Crippen LogP contribution >= 0.6 is 0 Å². The van der Waals surface area contributed by atoms with E-state index < -0.39 is 0 Å². The molecule has 0 aromatic rings. The Labute approximate surface area is 153 Å². The van der Waals surface area contributed by atoms with Crippen molar-refractivity contribution in [3.05, 3.63) is 0 Å². The molecule has 4 aliphatic carbocycles. The molecule has 0 heterocycles. The Hall–Kier alpha value is -0.840. The van der Waals surface area contributed by atoms with E-state index in [1.54, 1.807) is 0 Å². The predicted octanol–water partition coefficient (Wildman–Crippen LogP) is 5.76. The number of nitrogens with zero attached hydrogens (tertiary/aromatic N) is 1. The van der Waals surface area contributed by atoms with E-state index in [9.17, 15) is 10.1 Å². The maximum absolute atomic E-state index is 13.5. The summed E-state index contributed by atoms with van der Waals surface area (Å²) in [7, 11) is 0. The minimum Gasteiger partial charge on any atom is -0.298 e. The van der Waals surface area contributed by atoms with Crippen molar-refractivity contribution in [2.24, 2.45) is 46.3 Å². The highest BCUT2D eigenvalue weighted by Crippen LogP contribution is 2.66. The molecule has 0 amide bonds. The van der Waals surface area contributed by atoms with Gasteiger partial charge >= 0.3 is 0 Å². The summed E-state index contributed by atoms with van der Waals surface area (Å²) in [4.78, 5) is 13.5. The zero-order chi connectivity index (χ0) is 17.8. The third-order valence-electron chi connectivity index (χ3n) is 9.52. The van der Waals surface area contributed by atoms with Crippen LogP contribution in [0.2, 0.25) is 0 Å². The molecule has 0 aromatic carbocycles. The molecule has 4 rings (SSSR count). The highest BCUT2D eigenvalue weighted by molar-refractivity contribution is 5.92. The van der Waals surface area contributed by atoms with Crippen LogP contribution in [-0.4, -0.2) is 5.78 Å². The molecule has 0 bridgehead atoms. The van der Waals surface area contributed by atoms with Crippen LogP contribution in [0.15, 0.2) is 0 Å². The van der Waals surface area contributed by atoms with Crippen LogP contribution in [0.1, 0.15) is 85.0 Å². The van der Waals surface area contributed by atoms with Crippen molar-refractivity contribution >= 4 is 5.78 Å².